The van der Waals surface area contributed by atoms with E-state index in [1.807, 2.05) is 13.8 Å². The Bertz CT molecular complexity index is 139. The molecule has 3 nitrogen and oxygen atoms in total. The number of nitrogens with zero attached hydrogens (tertiary/aromatic N) is 1. The van der Waals surface area contributed by atoms with Gasteiger partial charge in [-0.15, -0.1) is 0 Å². The van der Waals surface area contributed by atoms with E-state index in [2.05, 4.69) is 15.9 Å². The summed E-state index contributed by atoms with van der Waals surface area (Å²) in [6, 6.07) is 0. The number of carbonyl (C=O) groups is 1. The lowest BCUT2D eigenvalue weighted by atomic mass is 10.5. The van der Waals surface area contributed by atoms with Crippen LogP contribution in [0.4, 0.5) is 0 Å². The van der Waals surface area contributed by atoms with Crippen molar-refractivity contribution >= 4 is 21.8 Å². The first-order valence-electron chi connectivity index (χ1n) is 3.99. The second kappa shape index (κ2) is 6.43. The number of alkyl halides is 1. The number of halogens is 1. The first-order valence-corrected chi connectivity index (χ1v) is 5.11. The highest BCUT2D eigenvalue weighted by Gasteiger charge is 2.05. The lowest BCUT2D eigenvalue weighted by Crippen LogP contribution is -2.31. The summed E-state index contributed by atoms with van der Waals surface area (Å²) < 4.78 is 5.30. The molecule has 0 aliphatic carbocycles. The summed E-state index contributed by atoms with van der Waals surface area (Å²) in [4.78, 5) is 12.7. The topological polar surface area (TPSA) is 29.5 Å². The predicted octanol–water partition coefficient (Wildman–Crippen LogP) is 1.26. The van der Waals surface area contributed by atoms with Gasteiger partial charge in [0.25, 0.3) is 0 Å². The lowest BCUT2D eigenvalue weighted by molar-refractivity contribution is -0.127. The van der Waals surface area contributed by atoms with E-state index < -0.39 is 0 Å². The summed E-state index contributed by atoms with van der Waals surface area (Å²) in [5.74, 6) is 0.0855. The van der Waals surface area contributed by atoms with Gasteiger partial charge in [0.05, 0.1) is 18.0 Å². The molecule has 0 saturated heterocycles. The van der Waals surface area contributed by atoms with Crippen LogP contribution in [0.25, 0.3) is 0 Å². The number of hydrogen-bond acceptors (Lipinski definition) is 2. The molecule has 0 aliphatic rings. The van der Waals surface area contributed by atoms with Crippen LogP contribution >= 0.6 is 15.9 Å². The minimum absolute atomic E-state index is 0.0855. The summed E-state index contributed by atoms with van der Waals surface area (Å²) >= 11 is 3.10. The second-order valence-electron chi connectivity index (χ2n) is 2.87. The smallest absolute Gasteiger partial charge is 0.233 e. The van der Waals surface area contributed by atoms with Crippen molar-refractivity contribution in [2.75, 3.05) is 25.5 Å². The van der Waals surface area contributed by atoms with Crippen LogP contribution in [0, 0.1) is 0 Å². The molecule has 0 aromatic rings. The van der Waals surface area contributed by atoms with Crippen molar-refractivity contribution in [3.63, 3.8) is 0 Å². The molecule has 0 N–H and O–H groups in total. The van der Waals surface area contributed by atoms with Gasteiger partial charge < -0.3 is 9.64 Å². The number of rotatable bonds is 5. The van der Waals surface area contributed by atoms with Gasteiger partial charge in [0, 0.05) is 13.6 Å². The summed E-state index contributed by atoms with van der Waals surface area (Å²) in [7, 11) is 1.77. The van der Waals surface area contributed by atoms with Gasteiger partial charge in [-0.3, -0.25) is 4.79 Å². The van der Waals surface area contributed by atoms with E-state index in [4.69, 9.17) is 4.74 Å². The summed E-state index contributed by atoms with van der Waals surface area (Å²) in [5, 5.41) is 0.380. The van der Waals surface area contributed by atoms with E-state index in [0.717, 1.165) is 0 Å². The number of likely N-dealkylation sites (N-methyl/N-ethyl adjacent to an activating group) is 1. The normalized spacial score (nSPS) is 10.4. The zero-order valence-corrected chi connectivity index (χ0v) is 9.43. The Morgan fingerprint density at radius 1 is 1.58 bits per heavy atom. The molecule has 0 radical (unpaired) electrons. The minimum Gasteiger partial charge on any atom is -0.377 e. The summed E-state index contributed by atoms with van der Waals surface area (Å²) in [5.41, 5.74) is 0. The third-order valence-corrected chi connectivity index (χ3v) is 1.90. The van der Waals surface area contributed by atoms with E-state index >= 15 is 0 Å². The zero-order valence-electron chi connectivity index (χ0n) is 7.84. The predicted molar refractivity (Wildman–Crippen MR) is 52.5 cm³/mol. The Balaban J connectivity index is 3.43. The Morgan fingerprint density at radius 3 is 2.58 bits per heavy atom. The largest absolute Gasteiger partial charge is 0.377 e. The molecule has 0 spiro atoms. The first kappa shape index (κ1) is 11.9. The van der Waals surface area contributed by atoms with Crippen LogP contribution in [0.3, 0.4) is 0 Å². The van der Waals surface area contributed by atoms with Crippen molar-refractivity contribution in [3.05, 3.63) is 0 Å². The zero-order chi connectivity index (χ0) is 9.56. The maximum atomic E-state index is 11.0. The van der Waals surface area contributed by atoms with E-state index in [1.165, 1.54) is 0 Å². The summed E-state index contributed by atoms with van der Waals surface area (Å²) in [6.07, 6.45) is 0.234. The lowest BCUT2D eigenvalue weighted by Gasteiger charge is -2.16. The maximum Gasteiger partial charge on any atom is 0.233 e. The standard InChI is InChI=1S/C8H16BrNO2/c1-7(2)12-5-4-10(3)8(11)6-9/h7H,4-6H2,1-3H3. The highest BCUT2D eigenvalue weighted by molar-refractivity contribution is 9.09. The number of ether oxygens (including phenoxy) is 1. The van der Waals surface area contributed by atoms with Crippen LogP contribution in [-0.2, 0) is 9.53 Å². The van der Waals surface area contributed by atoms with Crippen molar-refractivity contribution in [1.82, 2.24) is 4.90 Å². The quantitative estimate of drug-likeness (QED) is 0.675. The van der Waals surface area contributed by atoms with Gasteiger partial charge in [0.15, 0.2) is 0 Å². The molecule has 0 unspecified atom stereocenters. The fourth-order valence-electron chi connectivity index (χ4n) is 0.652. The van der Waals surface area contributed by atoms with Gasteiger partial charge in [0.2, 0.25) is 5.91 Å². The van der Waals surface area contributed by atoms with E-state index in [9.17, 15) is 4.79 Å². The van der Waals surface area contributed by atoms with Crippen molar-refractivity contribution in [2.24, 2.45) is 0 Å². The van der Waals surface area contributed by atoms with Crippen molar-refractivity contribution in [3.8, 4) is 0 Å². The Kier molecular flexibility index (Phi) is 6.38. The van der Waals surface area contributed by atoms with Gasteiger partial charge >= 0.3 is 0 Å². The Hall–Kier alpha value is -0.0900. The average Bonchev–Trinajstić information content (AvgIpc) is 2.02. The number of hydrogen-bond donors (Lipinski definition) is 0. The van der Waals surface area contributed by atoms with E-state index in [1.54, 1.807) is 11.9 Å². The molecule has 0 bridgehead atoms. The Labute approximate surface area is 82.2 Å². The van der Waals surface area contributed by atoms with Crippen LogP contribution in [0.1, 0.15) is 13.8 Å². The summed E-state index contributed by atoms with van der Waals surface area (Å²) in [6.45, 7) is 5.22. The van der Waals surface area contributed by atoms with Crippen LogP contribution in [0.15, 0.2) is 0 Å². The monoisotopic (exact) mass is 237 g/mol. The van der Waals surface area contributed by atoms with E-state index in [-0.39, 0.29) is 12.0 Å². The van der Waals surface area contributed by atoms with Crippen molar-refractivity contribution in [2.45, 2.75) is 20.0 Å². The van der Waals surface area contributed by atoms with Crippen LogP contribution < -0.4 is 0 Å². The molecule has 0 aliphatic heterocycles. The Morgan fingerprint density at radius 2 is 2.17 bits per heavy atom. The first-order chi connectivity index (χ1) is 5.57. The van der Waals surface area contributed by atoms with Crippen LogP contribution in [0.5, 0.6) is 0 Å². The van der Waals surface area contributed by atoms with Crippen LogP contribution in [0.2, 0.25) is 0 Å². The molecule has 0 rings (SSSR count). The van der Waals surface area contributed by atoms with Gasteiger partial charge in [-0.1, -0.05) is 15.9 Å². The molecule has 1 amide bonds. The van der Waals surface area contributed by atoms with Crippen LogP contribution in [-0.4, -0.2) is 42.4 Å². The molecule has 12 heavy (non-hydrogen) atoms. The molecule has 0 saturated carbocycles. The fourth-order valence-corrected chi connectivity index (χ4v) is 1.08. The minimum atomic E-state index is 0.0855. The van der Waals surface area contributed by atoms with Crippen molar-refractivity contribution < 1.29 is 9.53 Å². The highest BCUT2D eigenvalue weighted by Crippen LogP contribution is 1.92. The molecule has 0 fully saturated rings. The molecule has 4 heteroatoms. The molecule has 0 aromatic carbocycles. The van der Waals surface area contributed by atoms with Gasteiger partial charge in [0.1, 0.15) is 0 Å². The maximum absolute atomic E-state index is 11.0. The molecule has 72 valence electrons. The third kappa shape index (κ3) is 5.55. The molecule has 0 aromatic heterocycles. The molecular formula is C8H16BrNO2. The highest BCUT2D eigenvalue weighted by atomic mass is 79.9. The van der Waals surface area contributed by atoms with E-state index in [0.29, 0.717) is 18.5 Å². The fraction of sp³-hybridized carbons (Fsp3) is 0.875. The van der Waals surface area contributed by atoms with Gasteiger partial charge in [-0.25, -0.2) is 0 Å². The number of carbonyl (C=O) groups excluding carboxylic acids is 1. The average molecular weight is 238 g/mol. The molecule has 0 atom stereocenters. The molecular weight excluding hydrogens is 222 g/mol. The van der Waals surface area contributed by atoms with Gasteiger partial charge in [-0.05, 0) is 13.8 Å². The number of amides is 1. The van der Waals surface area contributed by atoms with Gasteiger partial charge in [-0.2, -0.15) is 0 Å². The molecule has 0 heterocycles. The van der Waals surface area contributed by atoms with Crippen molar-refractivity contribution in [1.29, 1.82) is 0 Å². The second-order valence-corrected chi connectivity index (χ2v) is 3.43. The SMILES string of the molecule is CC(C)OCCN(C)C(=O)CBr. The third-order valence-electron chi connectivity index (χ3n) is 1.42.